The lowest BCUT2D eigenvalue weighted by molar-refractivity contribution is 0.178. The quantitative estimate of drug-likeness (QED) is 0.477. The van der Waals surface area contributed by atoms with Crippen LogP contribution in [0.4, 0.5) is 0 Å². The van der Waals surface area contributed by atoms with Crippen LogP contribution in [0.1, 0.15) is 12.8 Å². The van der Waals surface area contributed by atoms with E-state index in [0.717, 1.165) is 6.61 Å². The highest BCUT2D eigenvalue weighted by Gasteiger charge is 2.09. The zero-order valence-electron chi connectivity index (χ0n) is 3.48. The van der Waals surface area contributed by atoms with Gasteiger partial charge in [-0.1, -0.05) is 15.9 Å². The number of hydrogen-bond acceptors (Lipinski definition) is 1. The minimum atomic E-state index is 0.359. The van der Waals surface area contributed by atoms with Crippen LogP contribution in [0.5, 0.6) is 0 Å². The number of halogens is 1. The molecule has 1 atom stereocenters. The van der Waals surface area contributed by atoms with Gasteiger partial charge in [0.25, 0.3) is 0 Å². The summed E-state index contributed by atoms with van der Waals surface area (Å²) in [6, 6.07) is 0. The predicted octanol–water partition coefficient (Wildman–Crippen LogP) is 1.52. The summed E-state index contributed by atoms with van der Waals surface area (Å²) in [5, 5.41) is 0.359. The predicted molar refractivity (Wildman–Crippen MR) is 27.9 cm³/mol. The standard InChI is InChI=1S/C4H7BrO/c5-4-2-1-3-6-4/h4H,1-3H2/t4-/m0/s1. The third-order valence-corrected chi connectivity index (χ3v) is 1.60. The lowest BCUT2D eigenvalue weighted by atomic mass is 10.4. The van der Waals surface area contributed by atoms with Crippen molar-refractivity contribution in [1.29, 1.82) is 0 Å². The summed E-state index contributed by atoms with van der Waals surface area (Å²) >= 11 is 3.32. The van der Waals surface area contributed by atoms with Crippen LogP contribution in [0.25, 0.3) is 0 Å². The fraction of sp³-hybridized carbons (Fsp3) is 1.00. The van der Waals surface area contributed by atoms with Gasteiger partial charge in [-0.25, -0.2) is 0 Å². The van der Waals surface area contributed by atoms with Crippen LogP contribution in [-0.2, 0) is 4.74 Å². The monoisotopic (exact) mass is 150 g/mol. The number of ether oxygens (including phenoxy) is 1. The summed E-state index contributed by atoms with van der Waals surface area (Å²) in [6.07, 6.45) is 2.40. The van der Waals surface area contributed by atoms with Crippen LogP contribution in [0.15, 0.2) is 0 Å². The SMILES string of the molecule is Br[C@@H]1CCCO1. The van der Waals surface area contributed by atoms with Gasteiger partial charge >= 0.3 is 0 Å². The number of rotatable bonds is 0. The molecule has 0 aliphatic carbocycles. The lowest BCUT2D eigenvalue weighted by Gasteiger charge is -1.91. The topological polar surface area (TPSA) is 9.23 Å². The molecule has 1 rings (SSSR count). The summed E-state index contributed by atoms with van der Waals surface area (Å²) in [6.45, 7) is 0.940. The highest BCUT2D eigenvalue weighted by Crippen LogP contribution is 2.16. The van der Waals surface area contributed by atoms with E-state index < -0.39 is 0 Å². The van der Waals surface area contributed by atoms with Crippen LogP contribution in [0.2, 0.25) is 0 Å². The van der Waals surface area contributed by atoms with E-state index in [1.54, 1.807) is 0 Å². The Balaban J connectivity index is 2.18. The summed E-state index contributed by atoms with van der Waals surface area (Å²) in [5.41, 5.74) is 0. The smallest absolute Gasteiger partial charge is 0.112 e. The molecule has 1 nitrogen and oxygen atoms in total. The molecule has 0 amide bonds. The molecule has 0 N–H and O–H groups in total. The minimum Gasteiger partial charge on any atom is -0.367 e. The van der Waals surface area contributed by atoms with Crippen molar-refractivity contribution in [3.05, 3.63) is 0 Å². The van der Waals surface area contributed by atoms with Crippen molar-refractivity contribution in [3.8, 4) is 0 Å². The summed E-state index contributed by atoms with van der Waals surface area (Å²) in [5.74, 6) is 0. The van der Waals surface area contributed by atoms with E-state index in [0.29, 0.717) is 5.01 Å². The van der Waals surface area contributed by atoms with E-state index in [1.807, 2.05) is 0 Å². The van der Waals surface area contributed by atoms with E-state index in [9.17, 15) is 0 Å². The Hall–Kier alpha value is 0.440. The Morgan fingerprint density at radius 3 is 2.67 bits per heavy atom. The number of hydrogen-bond donors (Lipinski definition) is 0. The van der Waals surface area contributed by atoms with Crippen molar-refractivity contribution in [2.45, 2.75) is 17.9 Å². The largest absolute Gasteiger partial charge is 0.367 e. The third-order valence-electron chi connectivity index (χ3n) is 0.874. The maximum absolute atomic E-state index is 5.07. The van der Waals surface area contributed by atoms with Crippen molar-refractivity contribution in [3.63, 3.8) is 0 Å². The Kier molecular flexibility index (Phi) is 1.48. The van der Waals surface area contributed by atoms with Gasteiger partial charge in [0.15, 0.2) is 0 Å². The van der Waals surface area contributed by atoms with Crippen molar-refractivity contribution in [2.24, 2.45) is 0 Å². The van der Waals surface area contributed by atoms with Crippen molar-refractivity contribution < 1.29 is 4.74 Å². The second-order valence-corrected chi connectivity index (χ2v) is 2.44. The van der Waals surface area contributed by atoms with Gasteiger partial charge in [-0.3, -0.25) is 0 Å². The van der Waals surface area contributed by atoms with Crippen LogP contribution in [-0.4, -0.2) is 11.6 Å². The normalized spacial score (nSPS) is 34.5. The van der Waals surface area contributed by atoms with Crippen molar-refractivity contribution in [2.75, 3.05) is 6.61 Å². The van der Waals surface area contributed by atoms with Gasteiger partial charge in [-0.05, 0) is 12.8 Å². The van der Waals surface area contributed by atoms with Gasteiger partial charge in [0, 0.05) is 6.61 Å². The second-order valence-electron chi connectivity index (χ2n) is 1.42. The molecular formula is C4H7BrO. The lowest BCUT2D eigenvalue weighted by Crippen LogP contribution is -1.88. The molecule has 0 spiro atoms. The molecular weight excluding hydrogens is 144 g/mol. The van der Waals surface area contributed by atoms with Gasteiger partial charge < -0.3 is 4.74 Å². The molecule has 0 bridgehead atoms. The fourth-order valence-corrected chi connectivity index (χ4v) is 1.05. The molecule has 1 saturated heterocycles. The fourth-order valence-electron chi connectivity index (χ4n) is 0.538. The first-order chi connectivity index (χ1) is 2.89. The van der Waals surface area contributed by atoms with Crippen LogP contribution < -0.4 is 0 Å². The van der Waals surface area contributed by atoms with Crippen LogP contribution in [0, 0.1) is 0 Å². The zero-order valence-corrected chi connectivity index (χ0v) is 5.07. The highest BCUT2D eigenvalue weighted by molar-refractivity contribution is 9.09. The molecule has 1 aliphatic rings. The third kappa shape index (κ3) is 0.949. The Morgan fingerprint density at radius 1 is 1.67 bits per heavy atom. The molecule has 0 unspecified atom stereocenters. The van der Waals surface area contributed by atoms with E-state index in [1.165, 1.54) is 12.8 Å². The molecule has 0 aromatic rings. The maximum atomic E-state index is 5.07. The minimum absolute atomic E-state index is 0.359. The molecule has 0 radical (unpaired) electrons. The zero-order chi connectivity index (χ0) is 4.41. The second kappa shape index (κ2) is 1.94. The first-order valence-electron chi connectivity index (χ1n) is 2.15. The van der Waals surface area contributed by atoms with E-state index in [2.05, 4.69) is 15.9 Å². The average Bonchev–Trinajstić information content (AvgIpc) is 1.86. The Bertz CT molecular complexity index is 40.8. The summed E-state index contributed by atoms with van der Waals surface area (Å²) in [4.78, 5) is 0. The molecule has 0 saturated carbocycles. The summed E-state index contributed by atoms with van der Waals surface area (Å²) < 4.78 is 5.07. The molecule has 6 heavy (non-hydrogen) atoms. The van der Waals surface area contributed by atoms with Crippen molar-refractivity contribution in [1.82, 2.24) is 0 Å². The first kappa shape index (κ1) is 4.60. The molecule has 36 valence electrons. The van der Waals surface area contributed by atoms with E-state index in [-0.39, 0.29) is 0 Å². The van der Waals surface area contributed by atoms with Crippen molar-refractivity contribution >= 4 is 15.9 Å². The maximum Gasteiger partial charge on any atom is 0.112 e. The first-order valence-corrected chi connectivity index (χ1v) is 3.07. The molecule has 1 heterocycles. The van der Waals surface area contributed by atoms with E-state index in [4.69, 9.17) is 4.74 Å². The van der Waals surface area contributed by atoms with Gasteiger partial charge in [0.2, 0.25) is 0 Å². The van der Waals surface area contributed by atoms with Crippen LogP contribution in [0.3, 0.4) is 0 Å². The molecule has 0 aromatic heterocycles. The molecule has 2 heteroatoms. The Labute approximate surface area is 45.8 Å². The molecule has 0 aromatic carbocycles. The average molecular weight is 151 g/mol. The van der Waals surface area contributed by atoms with Gasteiger partial charge in [0.05, 0.1) is 0 Å². The summed E-state index contributed by atoms with van der Waals surface area (Å²) in [7, 11) is 0. The molecule has 1 aliphatic heterocycles. The number of alkyl halides is 1. The highest BCUT2D eigenvalue weighted by atomic mass is 79.9. The molecule has 1 fully saturated rings. The van der Waals surface area contributed by atoms with Gasteiger partial charge in [-0.15, -0.1) is 0 Å². The van der Waals surface area contributed by atoms with Crippen LogP contribution >= 0.6 is 15.9 Å². The van der Waals surface area contributed by atoms with Gasteiger partial charge in [-0.2, -0.15) is 0 Å². The van der Waals surface area contributed by atoms with E-state index >= 15 is 0 Å². The Morgan fingerprint density at radius 2 is 2.50 bits per heavy atom. The van der Waals surface area contributed by atoms with Gasteiger partial charge in [0.1, 0.15) is 5.01 Å².